The third-order valence-electron chi connectivity index (χ3n) is 3.25. The lowest BCUT2D eigenvalue weighted by atomic mass is 10.2. The molecule has 0 saturated carbocycles. The molecular weight excluding hydrogens is 276 g/mol. The Labute approximate surface area is 126 Å². The summed E-state index contributed by atoms with van der Waals surface area (Å²) in [5.41, 5.74) is 1.35. The van der Waals surface area contributed by atoms with E-state index in [-0.39, 0.29) is 11.3 Å². The molecule has 4 nitrogen and oxygen atoms in total. The lowest BCUT2D eigenvalue weighted by Crippen LogP contribution is -2.01. The Bertz CT molecular complexity index is 911. The van der Waals surface area contributed by atoms with Gasteiger partial charge in [0.25, 0.3) is 0 Å². The zero-order valence-electron chi connectivity index (χ0n) is 11.7. The van der Waals surface area contributed by atoms with E-state index in [4.69, 9.17) is 0 Å². The average molecular weight is 290 g/mol. The summed E-state index contributed by atoms with van der Waals surface area (Å²) in [5.74, 6) is 0.102. The van der Waals surface area contributed by atoms with Gasteiger partial charge >= 0.3 is 0 Å². The van der Waals surface area contributed by atoms with Crippen molar-refractivity contribution in [2.75, 3.05) is 0 Å². The summed E-state index contributed by atoms with van der Waals surface area (Å²) in [4.78, 5) is 17.6. The van der Waals surface area contributed by atoms with Gasteiger partial charge in [0.1, 0.15) is 5.75 Å². The number of phenols is 1. The van der Waals surface area contributed by atoms with Gasteiger partial charge in [-0.15, -0.1) is 0 Å². The van der Waals surface area contributed by atoms with Gasteiger partial charge in [-0.05, 0) is 24.3 Å². The molecule has 2 aromatic heterocycles. The largest absolute Gasteiger partial charge is 0.506 e. The third kappa shape index (κ3) is 2.96. The fourth-order valence-electron chi connectivity index (χ4n) is 2.18. The number of para-hydroxylation sites is 2. The molecule has 0 bridgehead atoms. The van der Waals surface area contributed by atoms with Crippen LogP contribution in [0.4, 0.5) is 0 Å². The van der Waals surface area contributed by atoms with Crippen LogP contribution >= 0.6 is 0 Å². The van der Waals surface area contributed by atoms with E-state index >= 15 is 0 Å². The van der Waals surface area contributed by atoms with Crippen molar-refractivity contribution in [1.82, 2.24) is 9.97 Å². The quantitative estimate of drug-likeness (QED) is 0.521. The van der Waals surface area contributed by atoms with Gasteiger partial charge in [0.05, 0.1) is 11.0 Å². The number of aromatic amines is 1. The van der Waals surface area contributed by atoms with Crippen LogP contribution in [0.1, 0.15) is 0 Å². The average Bonchev–Trinajstić information content (AvgIpc) is 2.56. The van der Waals surface area contributed by atoms with Gasteiger partial charge in [0.15, 0.2) is 0 Å². The molecule has 0 saturated heterocycles. The maximum absolute atomic E-state index is 10.9. The van der Waals surface area contributed by atoms with E-state index in [1.807, 2.05) is 36.5 Å². The van der Waals surface area contributed by atoms with Crippen LogP contribution in [-0.4, -0.2) is 15.1 Å². The number of H-pyrrole nitrogens is 1. The normalized spacial score (nSPS) is 10.2. The standard InChI is InChI=1S/C9H7NO2.C9H7N/c11-7-3-1-2-6-4-5-8(12)10-9(6)7;1-2-6-9-8(4-1)5-3-7-10-9/h1-5,11H,(H,10,12);1-7H. The Morgan fingerprint density at radius 2 is 1.59 bits per heavy atom. The van der Waals surface area contributed by atoms with Crippen molar-refractivity contribution in [3.8, 4) is 5.75 Å². The fraction of sp³-hybridized carbons (Fsp3) is 0. The summed E-state index contributed by atoms with van der Waals surface area (Å²) in [6.07, 6.45) is 1.81. The minimum absolute atomic E-state index is 0.102. The van der Waals surface area contributed by atoms with E-state index in [1.165, 1.54) is 17.5 Å². The molecule has 0 aliphatic rings. The maximum Gasteiger partial charge on any atom is 0.248 e. The van der Waals surface area contributed by atoms with Crippen LogP contribution < -0.4 is 5.56 Å². The lowest BCUT2D eigenvalue weighted by Gasteiger charge is -1.97. The number of rotatable bonds is 0. The molecule has 2 N–H and O–H groups in total. The van der Waals surface area contributed by atoms with Crippen molar-refractivity contribution < 1.29 is 5.11 Å². The van der Waals surface area contributed by atoms with Gasteiger partial charge in [-0.2, -0.15) is 0 Å². The van der Waals surface area contributed by atoms with Crippen molar-refractivity contribution in [3.63, 3.8) is 0 Å². The van der Waals surface area contributed by atoms with Crippen LogP contribution in [0.5, 0.6) is 5.75 Å². The molecule has 0 aliphatic carbocycles. The van der Waals surface area contributed by atoms with Gasteiger partial charge in [0.2, 0.25) is 5.56 Å². The SMILES string of the molecule is O=c1ccc2cccc(O)c2[nH]1.c1ccc2ncccc2c1. The Hall–Kier alpha value is -3.14. The predicted octanol–water partition coefficient (Wildman–Crippen LogP) is 3.47. The predicted molar refractivity (Wildman–Crippen MR) is 88.0 cm³/mol. The number of hydrogen-bond acceptors (Lipinski definition) is 3. The van der Waals surface area contributed by atoms with E-state index in [1.54, 1.807) is 12.1 Å². The lowest BCUT2D eigenvalue weighted by molar-refractivity contribution is 0.480. The van der Waals surface area contributed by atoms with Crippen LogP contribution in [-0.2, 0) is 0 Å². The molecular formula is C18H14N2O2. The van der Waals surface area contributed by atoms with Crippen LogP contribution in [0, 0.1) is 0 Å². The van der Waals surface area contributed by atoms with E-state index in [9.17, 15) is 9.90 Å². The molecule has 4 aromatic rings. The van der Waals surface area contributed by atoms with Crippen molar-refractivity contribution in [2.45, 2.75) is 0 Å². The highest BCUT2D eigenvalue weighted by Crippen LogP contribution is 2.19. The van der Waals surface area contributed by atoms with Crippen molar-refractivity contribution in [3.05, 3.63) is 83.3 Å². The Morgan fingerprint density at radius 3 is 2.45 bits per heavy atom. The van der Waals surface area contributed by atoms with E-state index < -0.39 is 0 Å². The second-order valence-corrected chi connectivity index (χ2v) is 4.76. The van der Waals surface area contributed by atoms with Crippen LogP contribution in [0.3, 0.4) is 0 Å². The second-order valence-electron chi connectivity index (χ2n) is 4.76. The molecule has 0 fully saturated rings. The zero-order chi connectivity index (χ0) is 15.4. The molecule has 0 atom stereocenters. The molecule has 0 radical (unpaired) electrons. The Morgan fingerprint density at radius 1 is 0.818 bits per heavy atom. The number of nitrogens with one attached hydrogen (secondary N) is 1. The molecule has 4 heteroatoms. The van der Waals surface area contributed by atoms with Gasteiger partial charge in [0, 0.05) is 23.0 Å². The van der Waals surface area contributed by atoms with Gasteiger partial charge in [-0.1, -0.05) is 36.4 Å². The van der Waals surface area contributed by atoms with Gasteiger partial charge in [-0.25, -0.2) is 0 Å². The monoisotopic (exact) mass is 290 g/mol. The highest BCUT2D eigenvalue weighted by Gasteiger charge is 1.97. The fourth-order valence-corrected chi connectivity index (χ4v) is 2.18. The number of hydrogen-bond donors (Lipinski definition) is 2. The number of aromatic nitrogens is 2. The van der Waals surface area contributed by atoms with E-state index in [0.29, 0.717) is 5.52 Å². The molecule has 0 amide bonds. The van der Waals surface area contributed by atoms with Crippen LogP contribution in [0.2, 0.25) is 0 Å². The third-order valence-corrected chi connectivity index (χ3v) is 3.25. The number of benzene rings is 2. The molecule has 0 aliphatic heterocycles. The van der Waals surface area contributed by atoms with Crippen molar-refractivity contribution in [2.24, 2.45) is 0 Å². The topological polar surface area (TPSA) is 66.0 Å². The summed E-state index contributed by atoms with van der Waals surface area (Å²) >= 11 is 0. The number of aromatic hydroxyl groups is 1. The summed E-state index contributed by atoms with van der Waals surface area (Å²) in [6.45, 7) is 0. The molecule has 0 unspecified atom stereocenters. The minimum atomic E-state index is -0.205. The molecule has 22 heavy (non-hydrogen) atoms. The van der Waals surface area contributed by atoms with Crippen molar-refractivity contribution in [1.29, 1.82) is 0 Å². The molecule has 0 spiro atoms. The number of pyridine rings is 2. The Kier molecular flexibility index (Phi) is 3.83. The van der Waals surface area contributed by atoms with Crippen LogP contribution in [0.25, 0.3) is 21.8 Å². The van der Waals surface area contributed by atoms with E-state index in [2.05, 4.69) is 22.1 Å². The van der Waals surface area contributed by atoms with Gasteiger partial charge in [-0.3, -0.25) is 9.78 Å². The summed E-state index contributed by atoms with van der Waals surface area (Å²) in [5, 5.41) is 11.4. The molecule has 2 aromatic carbocycles. The molecule has 108 valence electrons. The first-order valence-corrected chi connectivity index (χ1v) is 6.85. The number of nitrogens with zero attached hydrogens (tertiary/aromatic N) is 1. The highest BCUT2D eigenvalue weighted by molar-refractivity contribution is 5.83. The minimum Gasteiger partial charge on any atom is -0.506 e. The second kappa shape index (κ2) is 6.10. The van der Waals surface area contributed by atoms with Gasteiger partial charge < -0.3 is 10.1 Å². The van der Waals surface area contributed by atoms with Crippen molar-refractivity contribution >= 4 is 21.8 Å². The molecule has 4 rings (SSSR count). The summed E-state index contributed by atoms with van der Waals surface area (Å²) < 4.78 is 0. The first-order chi connectivity index (χ1) is 10.7. The van der Waals surface area contributed by atoms with E-state index in [0.717, 1.165) is 10.9 Å². The molecule has 2 heterocycles. The number of fused-ring (bicyclic) bond motifs is 2. The first-order valence-electron chi connectivity index (χ1n) is 6.85. The highest BCUT2D eigenvalue weighted by atomic mass is 16.3. The van der Waals surface area contributed by atoms with Crippen LogP contribution in [0.15, 0.2) is 77.7 Å². The summed E-state index contributed by atoms with van der Waals surface area (Å²) in [6, 6.07) is 20.3. The maximum atomic E-state index is 10.9. The number of phenolic OH excluding ortho intramolecular Hbond substituents is 1. The smallest absolute Gasteiger partial charge is 0.248 e. The first kappa shape index (κ1) is 13.8. The summed E-state index contributed by atoms with van der Waals surface area (Å²) in [7, 11) is 0. The Balaban J connectivity index is 0.000000133. The zero-order valence-corrected chi connectivity index (χ0v) is 11.7.